The van der Waals surface area contributed by atoms with E-state index < -0.39 is 10.0 Å². The van der Waals surface area contributed by atoms with E-state index in [0.29, 0.717) is 13.1 Å². The molecule has 1 aromatic carbocycles. The number of carbonyl (C=O) groups excluding carboxylic acids is 1. The molecule has 1 aromatic rings. The van der Waals surface area contributed by atoms with Crippen molar-refractivity contribution in [3.8, 4) is 0 Å². The van der Waals surface area contributed by atoms with Crippen molar-refractivity contribution < 1.29 is 13.2 Å². The molecular weight excluding hydrogens is 348 g/mol. The van der Waals surface area contributed by atoms with Gasteiger partial charge in [-0.3, -0.25) is 4.79 Å². The van der Waals surface area contributed by atoms with Crippen LogP contribution in [0.5, 0.6) is 0 Å². The van der Waals surface area contributed by atoms with Crippen molar-refractivity contribution in [3.63, 3.8) is 0 Å². The smallest absolute Gasteiger partial charge is 0.224 e. The van der Waals surface area contributed by atoms with E-state index in [1.807, 2.05) is 0 Å². The molecule has 144 valence electrons. The zero-order valence-corrected chi connectivity index (χ0v) is 16.6. The molecule has 1 aliphatic heterocycles. The third-order valence-corrected chi connectivity index (χ3v) is 6.99. The van der Waals surface area contributed by atoms with Crippen LogP contribution in [0, 0.1) is 5.92 Å². The third-order valence-electron chi connectivity index (χ3n) is 5.72. The van der Waals surface area contributed by atoms with Gasteiger partial charge in [-0.1, -0.05) is 25.1 Å². The minimum Gasteiger partial charge on any atom is -0.349 e. The second-order valence-electron chi connectivity index (χ2n) is 7.66. The van der Waals surface area contributed by atoms with E-state index in [9.17, 15) is 13.2 Å². The number of piperidine rings is 1. The second-order valence-corrected chi connectivity index (χ2v) is 9.65. The van der Waals surface area contributed by atoms with Gasteiger partial charge in [-0.15, -0.1) is 0 Å². The van der Waals surface area contributed by atoms with Gasteiger partial charge in [-0.25, -0.2) is 12.7 Å². The van der Waals surface area contributed by atoms with Gasteiger partial charge in [-0.2, -0.15) is 0 Å². The van der Waals surface area contributed by atoms with Crippen LogP contribution in [0.15, 0.2) is 18.2 Å². The maximum atomic E-state index is 12.8. The zero-order valence-electron chi connectivity index (χ0n) is 15.8. The van der Waals surface area contributed by atoms with Gasteiger partial charge >= 0.3 is 0 Å². The summed E-state index contributed by atoms with van der Waals surface area (Å²) >= 11 is 0. The fraction of sp³-hybridized carbons (Fsp3) is 0.650. The van der Waals surface area contributed by atoms with Crippen LogP contribution in [0.4, 0.5) is 0 Å². The van der Waals surface area contributed by atoms with Crippen molar-refractivity contribution in [2.24, 2.45) is 5.92 Å². The Balaban J connectivity index is 1.68. The van der Waals surface area contributed by atoms with E-state index in [2.05, 4.69) is 30.4 Å². The largest absolute Gasteiger partial charge is 0.349 e. The molecule has 26 heavy (non-hydrogen) atoms. The summed E-state index contributed by atoms with van der Waals surface area (Å²) in [5.41, 5.74) is 4.02. The van der Waals surface area contributed by atoms with E-state index in [0.717, 1.165) is 37.7 Å². The van der Waals surface area contributed by atoms with E-state index in [1.54, 1.807) is 0 Å². The topological polar surface area (TPSA) is 66.5 Å². The van der Waals surface area contributed by atoms with E-state index in [1.165, 1.54) is 34.5 Å². The summed E-state index contributed by atoms with van der Waals surface area (Å²) in [4.78, 5) is 12.8. The number of nitrogens with one attached hydrogen (secondary N) is 1. The number of nitrogens with zero attached hydrogens (tertiary/aromatic N) is 1. The Labute approximate surface area is 157 Å². The number of amides is 1. The molecule has 2 unspecified atom stereocenters. The van der Waals surface area contributed by atoms with Crippen molar-refractivity contribution in [2.75, 3.05) is 19.3 Å². The lowest BCUT2D eigenvalue weighted by Crippen LogP contribution is -2.45. The van der Waals surface area contributed by atoms with Crippen LogP contribution in [-0.4, -0.2) is 38.0 Å². The molecule has 0 radical (unpaired) electrons. The van der Waals surface area contributed by atoms with Crippen molar-refractivity contribution in [3.05, 3.63) is 34.9 Å². The summed E-state index contributed by atoms with van der Waals surface area (Å²) in [6, 6.07) is 6.60. The van der Waals surface area contributed by atoms with E-state index in [4.69, 9.17) is 0 Å². The predicted octanol–water partition coefficient (Wildman–Crippen LogP) is 2.80. The highest BCUT2D eigenvalue weighted by Gasteiger charge is 2.31. The molecule has 2 aliphatic rings. The summed E-state index contributed by atoms with van der Waals surface area (Å²) in [5, 5.41) is 3.17. The highest BCUT2D eigenvalue weighted by atomic mass is 32.2. The Bertz CT molecular complexity index is 760. The molecule has 0 spiro atoms. The summed E-state index contributed by atoms with van der Waals surface area (Å²) in [5.74, 6) is -0.284. The van der Waals surface area contributed by atoms with Gasteiger partial charge < -0.3 is 5.32 Å². The minimum atomic E-state index is -3.24. The molecule has 6 heteroatoms. The van der Waals surface area contributed by atoms with Crippen molar-refractivity contribution in [2.45, 2.75) is 57.9 Å². The van der Waals surface area contributed by atoms with Gasteiger partial charge in [-0.05, 0) is 61.6 Å². The first-order valence-electron chi connectivity index (χ1n) is 9.75. The molecular formula is C20H30N2O3S. The molecule has 3 rings (SSSR count). The van der Waals surface area contributed by atoms with Crippen LogP contribution in [0.1, 0.15) is 61.8 Å². The fourth-order valence-electron chi connectivity index (χ4n) is 4.14. The normalized spacial score (nSPS) is 22.5. The van der Waals surface area contributed by atoms with Crippen molar-refractivity contribution in [1.29, 1.82) is 0 Å². The lowest BCUT2D eigenvalue weighted by Gasteiger charge is -2.31. The van der Waals surface area contributed by atoms with E-state index >= 15 is 0 Å². The number of carbonyl (C=O) groups is 1. The highest BCUT2D eigenvalue weighted by molar-refractivity contribution is 7.88. The standard InChI is InChI=1S/C20H30N2O3S/c1-3-19(17-11-10-15-7-4-5-8-16(15)13-17)21-20(23)18-9-6-12-22(14-18)26(2,24)25/h10-11,13,18-19H,3-9,12,14H2,1-2H3,(H,21,23). The van der Waals surface area contributed by atoms with Gasteiger partial charge in [0, 0.05) is 13.1 Å². The van der Waals surface area contributed by atoms with Gasteiger partial charge in [0.05, 0.1) is 18.2 Å². The third kappa shape index (κ3) is 4.46. The molecule has 5 nitrogen and oxygen atoms in total. The van der Waals surface area contributed by atoms with Gasteiger partial charge in [0.15, 0.2) is 0 Å². The number of benzene rings is 1. The van der Waals surface area contributed by atoms with Gasteiger partial charge in [0.25, 0.3) is 0 Å². The van der Waals surface area contributed by atoms with Crippen LogP contribution in [0.2, 0.25) is 0 Å². The Morgan fingerprint density at radius 3 is 2.65 bits per heavy atom. The second kappa shape index (κ2) is 8.09. The molecule has 2 atom stereocenters. The molecule has 1 amide bonds. The van der Waals surface area contributed by atoms with Gasteiger partial charge in [0.1, 0.15) is 0 Å². The molecule has 1 N–H and O–H groups in total. The maximum Gasteiger partial charge on any atom is 0.224 e. The lowest BCUT2D eigenvalue weighted by atomic mass is 9.88. The van der Waals surface area contributed by atoms with Crippen molar-refractivity contribution in [1.82, 2.24) is 9.62 Å². The Morgan fingerprint density at radius 2 is 1.96 bits per heavy atom. The summed E-state index contributed by atoms with van der Waals surface area (Å²) in [6.07, 6.45) is 8.31. The molecule has 0 bridgehead atoms. The summed E-state index contributed by atoms with van der Waals surface area (Å²) in [7, 11) is -3.24. The molecule has 1 fully saturated rings. The van der Waals surface area contributed by atoms with Crippen LogP contribution in [-0.2, 0) is 27.7 Å². The van der Waals surface area contributed by atoms with Crippen molar-refractivity contribution >= 4 is 15.9 Å². The number of hydrogen-bond donors (Lipinski definition) is 1. The number of sulfonamides is 1. The van der Waals surface area contributed by atoms with Crippen LogP contribution in [0.3, 0.4) is 0 Å². The first-order chi connectivity index (χ1) is 12.4. The predicted molar refractivity (Wildman–Crippen MR) is 103 cm³/mol. The van der Waals surface area contributed by atoms with Crippen LogP contribution >= 0.6 is 0 Å². The molecule has 1 heterocycles. The minimum absolute atomic E-state index is 0.0108. The van der Waals surface area contributed by atoms with Gasteiger partial charge in [0.2, 0.25) is 15.9 Å². The number of hydrogen-bond acceptors (Lipinski definition) is 3. The average Bonchev–Trinajstić information content (AvgIpc) is 2.65. The molecule has 1 aliphatic carbocycles. The maximum absolute atomic E-state index is 12.8. The average molecular weight is 379 g/mol. The SMILES string of the molecule is CCC(NC(=O)C1CCCN(S(C)(=O)=O)C1)c1ccc2c(c1)CCCC2. The molecule has 0 aromatic heterocycles. The highest BCUT2D eigenvalue weighted by Crippen LogP contribution is 2.27. The first kappa shape index (κ1) is 19.4. The van der Waals surface area contributed by atoms with E-state index in [-0.39, 0.29) is 17.9 Å². The Kier molecular flexibility index (Phi) is 6.03. The fourth-order valence-corrected chi connectivity index (χ4v) is 5.05. The number of fused-ring (bicyclic) bond motifs is 1. The number of aryl methyl sites for hydroxylation is 2. The zero-order chi connectivity index (χ0) is 18.7. The molecule has 0 saturated carbocycles. The quantitative estimate of drug-likeness (QED) is 0.857. The summed E-state index contributed by atoms with van der Waals surface area (Å²) < 4.78 is 25.0. The monoisotopic (exact) mass is 378 g/mol. The first-order valence-corrected chi connectivity index (χ1v) is 11.6. The molecule has 1 saturated heterocycles. The van der Waals surface area contributed by atoms with Crippen LogP contribution < -0.4 is 5.32 Å². The Hall–Kier alpha value is -1.40. The lowest BCUT2D eigenvalue weighted by molar-refractivity contribution is -0.126. The summed E-state index contributed by atoms with van der Waals surface area (Å²) in [6.45, 7) is 2.89. The Morgan fingerprint density at radius 1 is 1.23 bits per heavy atom. The number of rotatable bonds is 5. The van der Waals surface area contributed by atoms with Crippen LogP contribution in [0.25, 0.3) is 0 Å².